The Hall–Kier alpha value is -3.02. The van der Waals surface area contributed by atoms with E-state index in [1.54, 1.807) is 29.2 Å². The number of esters is 1. The molecule has 5 heteroatoms. The van der Waals surface area contributed by atoms with Crippen molar-refractivity contribution >= 4 is 22.5 Å². The molecule has 0 unspecified atom stereocenters. The predicted molar refractivity (Wildman–Crippen MR) is 121 cm³/mol. The molecule has 0 saturated heterocycles. The lowest BCUT2D eigenvalue weighted by atomic mass is 10.0. The lowest BCUT2D eigenvalue weighted by molar-refractivity contribution is -0.910. The van der Waals surface area contributed by atoms with Gasteiger partial charge in [0.25, 0.3) is 0 Å². The number of hydrogen-bond acceptors (Lipinski definition) is 4. The molecule has 2 N–H and O–H groups in total. The third-order valence-electron chi connectivity index (χ3n) is 5.59. The second-order valence-corrected chi connectivity index (χ2v) is 7.77. The molecule has 3 rings (SSSR count). The number of fused-ring (bicyclic) bond motifs is 1. The first-order valence-corrected chi connectivity index (χ1v) is 10.8. The number of aliphatic hydroxyl groups excluding tert-OH is 1. The van der Waals surface area contributed by atoms with E-state index in [1.807, 2.05) is 6.07 Å². The highest BCUT2D eigenvalue weighted by Gasteiger charge is 2.09. The fraction of sp³-hybridized carbons (Fsp3) is 0.308. The van der Waals surface area contributed by atoms with Crippen molar-refractivity contribution in [3.8, 4) is 0 Å². The van der Waals surface area contributed by atoms with Crippen molar-refractivity contribution in [2.75, 3.05) is 19.7 Å². The van der Waals surface area contributed by atoms with Crippen molar-refractivity contribution in [1.29, 1.82) is 0 Å². The van der Waals surface area contributed by atoms with Crippen molar-refractivity contribution < 1.29 is 24.3 Å². The first kappa shape index (κ1) is 22.7. The molecule has 162 valence electrons. The van der Waals surface area contributed by atoms with Gasteiger partial charge in [-0.3, -0.25) is 9.59 Å². The van der Waals surface area contributed by atoms with Crippen molar-refractivity contribution in [2.45, 2.75) is 33.4 Å². The van der Waals surface area contributed by atoms with E-state index in [0.717, 1.165) is 36.1 Å². The molecule has 5 nitrogen and oxygen atoms in total. The average molecular weight is 421 g/mol. The predicted octanol–water partition coefficient (Wildman–Crippen LogP) is 2.73. The van der Waals surface area contributed by atoms with E-state index in [9.17, 15) is 9.59 Å². The minimum absolute atomic E-state index is 0.137. The summed E-state index contributed by atoms with van der Waals surface area (Å²) in [5.41, 5.74) is 3.47. The van der Waals surface area contributed by atoms with Gasteiger partial charge in [0.05, 0.1) is 19.5 Å². The summed E-state index contributed by atoms with van der Waals surface area (Å²) < 4.78 is 5.44. The van der Waals surface area contributed by atoms with Crippen LogP contribution in [0.1, 0.15) is 40.9 Å². The van der Waals surface area contributed by atoms with E-state index >= 15 is 0 Å². The SMILES string of the molecule is CC[NH+](CC)Cc1ccc2cc(COC(=O)Cc3ccc(C(=O)CO)cc3)ccc2c1. The van der Waals surface area contributed by atoms with Crippen LogP contribution in [0.3, 0.4) is 0 Å². The lowest BCUT2D eigenvalue weighted by Crippen LogP contribution is -3.10. The maximum atomic E-state index is 12.2. The molecular formula is C26H30NO4+. The largest absolute Gasteiger partial charge is 0.461 e. The average Bonchev–Trinajstić information content (AvgIpc) is 2.81. The Morgan fingerprint density at radius 2 is 1.42 bits per heavy atom. The molecule has 3 aromatic rings. The summed E-state index contributed by atoms with van der Waals surface area (Å²) in [6.45, 7) is 7.37. The molecule has 0 atom stereocenters. The van der Waals surface area contributed by atoms with Crippen LogP contribution >= 0.6 is 0 Å². The van der Waals surface area contributed by atoms with Gasteiger partial charge in [-0.25, -0.2) is 0 Å². The van der Waals surface area contributed by atoms with Crippen LogP contribution in [0.2, 0.25) is 0 Å². The topological polar surface area (TPSA) is 68.0 Å². The maximum absolute atomic E-state index is 12.2. The van der Waals surface area contributed by atoms with E-state index in [0.29, 0.717) is 5.56 Å². The third kappa shape index (κ3) is 6.23. The monoisotopic (exact) mass is 420 g/mol. The van der Waals surface area contributed by atoms with Gasteiger partial charge in [-0.1, -0.05) is 48.5 Å². The van der Waals surface area contributed by atoms with Crippen LogP contribution in [0, 0.1) is 0 Å². The zero-order valence-corrected chi connectivity index (χ0v) is 18.2. The van der Waals surface area contributed by atoms with Crippen LogP contribution in [0.4, 0.5) is 0 Å². The Morgan fingerprint density at radius 3 is 2.03 bits per heavy atom. The molecule has 0 heterocycles. The molecule has 0 fully saturated rings. The normalized spacial score (nSPS) is 11.1. The second kappa shape index (κ2) is 10.8. The molecule has 0 aliphatic rings. The number of hydrogen-bond donors (Lipinski definition) is 2. The molecule has 0 radical (unpaired) electrons. The molecule has 0 bridgehead atoms. The van der Waals surface area contributed by atoms with Gasteiger partial charge < -0.3 is 14.7 Å². The highest BCUT2D eigenvalue weighted by molar-refractivity contribution is 5.97. The molecule has 0 aromatic heterocycles. The lowest BCUT2D eigenvalue weighted by Gasteiger charge is -2.15. The Labute approximate surface area is 183 Å². The zero-order valence-electron chi connectivity index (χ0n) is 18.2. The molecule has 0 amide bonds. The molecular weight excluding hydrogens is 390 g/mol. The third-order valence-corrected chi connectivity index (χ3v) is 5.59. The fourth-order valence-corrected chi connectivity index (χ4v) is 3.61. The molecule has 0 aliphatic heterocycles. The minimum atomic E-state index is -0.522. The zero-order chi connectivity index (χ0) is 22.2. The van der Waals surface area contributed by atoms with Gasteiger partial charge in [0, 0.05) is 11.1 Å². The summed E-state index contributed by atoms with van der Waals surface area (Å²) in [4.78, 5) is 25.2. The highest BCUT2D eigenvalue weighted by Crippen LogP contribution is 2.19. The number of quaternary nitrogens is 1. The number of rotatable bonds is 10. The van der Waals surface area contributed by atoms with Crippen molar-refractivity contribution in [2.24, 2.45) is 0 Å². The summed E-state index contributed by atoms with van der Waals surface area (Å²) in [6.07, 6.45) is 0.137. The number of aliphatic hydroxyl groups is 1. The van der Waals surface area contributed by atoms with E-state index in [-0.39, 0.29) is 24.8 Å². The molecule has 3 aromatic carbocycles. The number of ether oxygens (including phenoxy) is 1. The quantitative estimate of drug-likeness (QED) is 0.391. The molecule has 0 aliphatic carbocycles. The number of nitrogens with one attached hydrogen (secondary N) is 1. The number of carbonyl (C=O) groups excluding carboxylic acids is 2. The van der Waals surface area contributed by atoms with E-state index in [2.05, 4.69) is 44.2 Å². The van der Waals surface area contributed by atoms with Gasteiger partial charge in [0.15, 0.2) is 5.78 Å². The van der Waals surface area contributed by atoms with Crippen LogP contribution in [0.15, 0.2) is 60.7 Å². The fourth-order valence-electron chi connectivity index (χ4n) is 3.61. The van der Waals surface area contributed by atoms with Crippen LogP contribution in [0.25, 0.3) is 10.8 Å². The summed E-state index contributed by atoms with van der Waals surface area (Å²) in [5, 5.41) is 11.2. The smallest absolute Gasteiger partial charge is 0.310 e. The minimum Gasteiger partial charge on any atom is -0.461 e. The number of carbonyl (C=O) groups is 2. The van der Waals surface area contributed by atoms with Crippen LogP contribution in [-0.2, 0) is 29.1 Å². The van der Waals surface area contributed by atoms with Gasteiger partial charge in [0.1, 0.15) is 19.8 Å². The summed E-state index contributed by atoms with van der Waals surface area (Å²) in [6, 6.07) is 19.3. The van der Waals surface area contributed by atoms with Gasteiger partial charge in [-0.05, 0) is 47.9 Å². The van der Waals surface area contributed by atoms with Gasteiger partial charge in [-0.2, -0.15) is 0 Å². The Kier molecular flexibility index (Phi) is 7.93. The number of Topliss-reactive ketones (excluding diaryl/α,β-unsaturated/α-hetero) is 1. The van der Waals surface area contributed by atoms with Crippen LogP contribution < -0.4 is 4.90 Å². The molecule has 0 saturated carbocycles. The Morgan fingerprint density at radius 1 is 0.839 bits per heavy atom. The van der Waals surface area contributed by atoms with Crippen LogP contribution in [0.5, 0.6) is 0 Å². The Balaban J connectivity index is 1.57. The number of ketones is 1. The standard InChI is InChI=1S/C26H29NO4/c1-3-27(4-2)16-20-7-11-24-14-21(8-12-23(24)13-20)18-31-26(30)15-19-5-9-22(10-6-19)25(29)17-28/h5-14,28H,3-4,15-18H2,1-2H3/p+1. The van der Waals surface area contributed by atoms with E-state index in [4.69, 9.17) is 9.84 Å². The summed E-state index contributed by atoms with van der Waals surface area (Å²) in [5.74, 6) is -0.661. The van der Waals surface area contributed by atoms with Crippen molar-refractivity contribution in [1.82, 2.24) is 0 Å². The van der Waals surface area contributed by atoms with E-state index in [1.165, 1.54) is 10.9 Å². The first-order chi connectivity index (χ1) is 15.0. The second-order valence-electron chi connectivity index (χ2n) is 7.77. The highest BCUT2D eigenvalue weighted by atomic mass is 16.5. The summed E-state index contributed by atoms with van der Waals surface area (Å²) in [7, 11) is 0. The Bertz CT molecular complexity index is 1040. The van der Waals surface area contributed by atoms with E-state index < -0.39 is 6.61 Å². The first-order valence-electron chi connectivity index (χ1n) is 10.8. The van der Waals surface area contributed by atoms with Crippen molar-refractivity contribution in [3.63, 3.8) is 0 Å². The van der Waals surface area contributed by atoms with Crippen LogP contribution in [-0.4, -0.2) is 36.6 Å². The van der Waals surface area contributed by atoms with Crippen molar-refractivity contribution in [3.05, 3.63) is 82.9 Å². The van der Waals surface area contributed by atoms with Gasteiger partial charge in [-0.15, -0.1) is 0 Å². The maximum Gasteiger partial charge on any atom is 0.310 e. The molecule has 0 spiro atoms. The summed E-state index contributed by atoms with van der Waals surface area (Å²) >= 11 is 0. The van der Waals surface area contributed by atoms with Gasteiger partial charge in [0.2, 0.25) is 0 Å². The molecule has 31 heavy (non-hydrogen) atoms. The number of benzene rings is 3. The van der Waals surface area contributed by atoms with Gasteiger partial charge >= 0.3 is 5.97 Å².